The maximum atomic E-state index is 3.86. The SMILES string of the molecule is C=CC=CC(=CC)C1(c2ccccc2)c2ccccc2-c2ccccc21. The van der Waals surface area contributed by atoms with Crippen molar-refractivity contribution in [1.82, 2.24) is 0 Å². The standard InChI is InChI=1S/C26H22/c1-3-5-13-20(4-2)26(21-14-7-6-8-15-21)24-18-11-9-16-22(24)23-17-10-12-19-25(23)26/h3-19H,1H2,2H3. The van der Waals surface area contributed by atoms with Crippen molar-refractivity contribution in [2.45, 2.75) is 12.3 Å². The molecule has 126 valence electrons. The molecular formula is C26H22. The summed E-state index contributed by atoms with van der Waals surface area (Å²) in [6.07, 6.45) is 8.29. The fourth-order valence-electron chi connectivity index (χ4n) is 4.32. The molecule has 0 aromatic heterocycles. The van der Waals surface area contributed by atoms with Crippen molar-refractivity contribution in [2.24, 2.45) is 0 Å². The Morgan fingerprint density at radius 2 is 1.31 bits per heavy atom. The van der Waals surface area contributed by atoms with Crippen LogP contribution < -0.4 is 0 Å². The average Bonchev–Trinajstić information content (AvgIpc) is 3.01. The maximum Gasteiger partial charge on any atom is 0.0710 e. The minimum Gasteiger partial charge on any atom is -0.0991 e. The van der Waals surface area contributed by atoms with Crippen molar-refractivity contribution in [3.63, 3.8) is 0 Å². The average molecular weight is 334 g/mol. The minimum absolute atomic E-state index is 0.303. The molecule has 26 heavy (non-hydrogen) atoms. The van der Waals surface area contributed by atoms with E-state index in [1.807, 2.05) is 12.2 Å². The van der Waals surface area contributed by atoms with Crippen LogP contribution in [0.15, 0.2) is 115 Å². The number of hydrogen-bond acceptors (Lipinski definition) is 0. The highest BCUT2D eigenvalue weighted by atomic mass is 14.5. The van der Waals surface area contributed by atoms with Gasteiger partial charge in [-0.15, -0.1) is 0 Å². The molecule has 0 saturated carbocycles. The van der Waals surface area contributed by atoms with Gasteiger partial charge in [-0.25, -0.2) is 0 Å². The van der Waals surface area contributed by atoms with Gasteiger partial charge in [0.1, 0.15) is 0 Å². The lowest BCUT2D eigenvalue weighted by Gasteiger charge is -2.34. The Morgan fingerprint density at radius 3 is 1.85 bits per heavy atom. The Morgan fingerprint density at radius 1 is 0.769 bits per heavy atom. The predicted octanol–water partition coefficient (Wildman–Crippen LogP) is 6.69. The Kier molecular flexibility index (Phi) is 4.18. The van der Waals surface area contributed by atoms with Gasteiger partial charge < -0.3 is 0 Å². The first-order chi connectivity index (χ1) is 12.8. The van der Waals surface area contributed by atoms with E-state index in [0.29, 0.717) is 0 Å². The quantitative estimate of drug-likeness (QED) is 0.466. The maximum absolute atomic E-state index is 3.86. The van der Waals surface area contributed by atoms with E-state index in [9.17, 15) is 0 Å². The Hall–Kier alpha value is -3.12. The highest BCUT2D eigenvalue weighted by molar-refractivity contribution is 5.86. The zero-order chi connectivity index (χ0) is 18.0. The van der Waals surface area contributed by atoms with Gasteiger partial charge in [0.05, 0.1) is 5.41 Å². The normalized spacial score (nSPS) is 14.9. The molecule has 0 fully saturated rings. The third kappa shape index (κ3) is 2.23. The van der Waals surface area contributed by atoms with Crippen molar-refractivity contribution >= 4 is 0 Å². The molecule has 0 nitrogen and oxygen atoms in total. The first-order valence-electron chi connectivity index (χ1n) is 9.04. The van der Waals surface area contributed by atoms with Gasteiger partial charge in [0.25, 0.3) is 0 Å². The van der Waals surface area contributed by atoms with Crippen LogP contribution in [0.3, 0.4) is 0 Å². The van der Waals surface area contributed by atoms with Crippen LogP contribution in [0.25, 0.3) is 11.1 Å². The molecule has 0 N–H and O–H groups in total. The van der Waals surface area contributed by atoms with Crippen molar-refractivity contribution in [3.8, 4) is 11.1 Å². The second kappa shape index (κ2) is 6.65. The molecule has 1 aliphatic rings. The molecule has 0 heteroatoms. The first-order valence-corrected chi connectivity index (χ1v) is 9.04. The highest BCUT2D eigenvalue weighted by Crippen LogP contribution is 2.56. The second-order valence-corrected chi connectivity index (χ2v) is 6.55. The van der Waals surface area contributed by atoms with Crippen LogP contribution in [-0.4, -0.2) is 0 Å². The van der Waals surface area contributed by atoms with E-state index < -0.39 is 0 Å². The fourth-order valence-corrected chi connectivity index (χ4v) is 4.32. The number of benzene rings is 3. The van der Waals surface area contributed by atoms with Gasteiger partial charge in [-0.1, -0.05) is 110 Å². The van der Waals surface area contributed by atoms with Gasteiger partial charge in [0, 0.05) is 0 Å². The van der Waals surface area contributed by atoms with Crippen LogP contribution in [0.5, 0.6) is 0 Å². The summed E-state index contributed by atoms with van der Waals surface area (Å²) < 4.78 is 0. The zero-order valence-corrected chi connectivity index (χ0v) is 15.0. The summed E-state index contributed by atoms with van der Waals surface area (Å²) in [6.45, 7) is 5.99. The summed E-state index contributed by atoms with van der Waals surface area (Å²) in [7, 11) is 0. The summed E-state index contributed by atoms with van der Waals surface area (Å²) >= 11 is 0. The largest absolute Gasteiger partial charge is 0.0991 e. The van der Waals surface area contributed by atoms with E-state index in [0.717, 1.165) is 0 Å². The lowest BCUT2D eigenvalue weighted by Crippen LogP contribution is -2.28. The van der Waals surface area contributed by atoms with Gasteiger partial charge in [0.15, 0.2) is 0 Å². The van der Waals surface area contributed by atoms with Gasteiger partial charge >= 0.3 is 0 Å². The lowest BCUT2D eigenvalue weighted by atomic mass is 9.67. The highest BCUT2D eigenvalue weighted by Gasteiger charge is 2.45. The van der Waals surface area contributed by atoms with Gasteiger partial charge in [0.2, 0.25) is 0 Å². The molecule has 0 radical (unpaired) electrons. The molecule has 4 rings (SSSR count). The second-order valence-electron chi connectivity index (χ2n) is 6.55. The van der Waals surface area contributed by atoms with Crippen molar-refractivity contribution in [1.29, 1.82) is 0 Å². The van der Waals surface area contributed by atoms with Crippen molar-refractivity contribution in [3.05, 3.63) is 132 Å². The molecular weight excluding hydrogens is 312 g/mol. The Labute approximate surface area is 155 Å². The molecule has 0 unspecified atom stereocenters. The van der Waals surface area contributed by atoms with E-state index in [1.165, 1.54) is 33.4 Å². The third-order valence-electron chi connectivity index (χ3n) is 5.31. The van der Waals surface area contributed by atoms with E-state index in [2.05, 4.69) is 105 Å². The molecule has 0 atom stereocenters. The molecule has 3 aromatic carbocycles. The van der Waals surface area contributed by atoms with E-state index in [-0.39, 0.29) is 5.41 Å². The van der Waals surface area contributed by atoms with Crippen LogP contribution in [-0.2, 0) is 5.41 Å². The van der Waals surface area contributed by atoms with E-state index in [1.54, 1.807) is 0 Å². The van der Waals surface area contributed by atoms with Crippen LogP contribution >= 0.6 is 0 Å². The van der Waals surface area contributed by atoms with E-state index in [4.69, 9.17) is 0 Å². The first kappa shape index (κ1) is 16.4. The van der Waals surface area contributed by atoms with E-state index >= 15 is 0 Å². The van der Waals surface area contributed by atoms with Crippen LogP contribution in [0.2, 0.25) is 0 Å². The van der Waals surface area contributed by atoms with Crippen molar-refractivity contribution in [2.75, 3.05) is 0 Å². The molecule has 0 bridgehead atoms. The van der Waals surface area contributed by atoms with Crippen molar-refractivity contribution < 1.29 is 0 Å². The van der Waals surface area contributed by atoms with Gasteiger partial charge in [-0.3, -0.25) is 0 Å². The molecule has 0 aliphatic heterocycles. The molecule has 0 amide bonds. The molecule has 0 heterocycles. The monoisotopic (exact) mass is 334 g/mol. The van der Waals surface area contributed by atoms with Gasteiger partial charge in [-0.05, 0) is 40.3 Å². The molecule has 0 saturated heterocycles. The summed E-state index contributed by atoms with van der Waals surface area (Å²) in [5.41, 5.74) is 7.57. The number of allylic oxidation sites excluding steroid dienone is 5. The van der Waals surface area contributed by atoms with Crippen LogP contribution in [0.1, 0.15) is 23.6 Å². The lowest BCUT2D eigenvalue weighted by molar-refractivity contribution is 0.765. The third-order valence-corrected chi connectivity index (χ3v) is 5.31. The Balaban J connectivity index is 2.16. The number of rotatable bonds is 4. The van der Waals surface area contributed by atoms with Crippen LogP contribution in [0, 0.1) is 0 Å². The number of fused-ring (bicyclic) bond motifs is 3. The molecule has 0 spiro atoms. The molecule has 3 aromatic rings. The summed E-state index contributed by atoms with van der Waals surface area (Å²) in [4.78, 5) is 0. The Bertz CT molecular complexity index is 957. The fraction of sp³-hybridized carbons (Fsp3) is 0.0769. The molecule has 1 aliphatic carbocycles. The topological polar surface area (TPSA) is 0 Å². The summed E-state index contributed by atoms with van der Waals surface area (Å²) in [5.74, 6) is 0. The summed E-state index contributed by atoms with van der Waals surface area (Å²) in [6, 6.07) is 28.4. The van der Waals surface area contributed by atoms with Crippen LogP contribution in [0.4, 0.5) is 0 Å². The zero-order valence-electron chi connectivity index (χ0n) is 15.0. The van der Waals surface area contributed by atoms with Gasteiger partial charge in [-0.2, -0.15) is 0 Å². The smallest absolute Gasteiger partial charge is 0.0710 e. The predicted molar refractivity (Wildman–Crippen MR) is 111 cm³/mol. The minimum atomic E-state index is -0.303. The number of hydrogen-bond donors (Lipinski definition) is 0. The summed E-state index contributed by atoms with van der Waals surface area (Å²) in [5, 5.41) is 0.